The van der Waals surface area contributed by atoms with Crippen molar-refractivity contribution in [1.29, 1.82) is 0 Å². The van der Waals surface area contributed by atoms with E-state index in [1.807, 2.05) is 54.7 Å². The topological polar surface area (TPSA) is 114 Å². The summed E-state index contributed by atoms with van der Waals surface area (Å²) < 4.78 is 0. The van der Waals surface area contributed by atoms with E-state index in [0.717, 1.165) is 27.6 Å². The highest BCUT2D eigenvalue weighted by atomic mass is 16.5. The Morgan fingerprint density at radius 1 is 1.11 bits per heavy atom. The van der Waals surface area contributed by atoms with Crippen molar-refractivity contribution in [2.75, 3.05) is 0 Å². The van der Waals surface area contributed by atoms with E-state index in [1.54, 1.807) is 6.08 Å². The zero-order chi connectivity index (χ0) is 19.9. The first kappa shape index (κ1) is 19.3. The average molecular weight is 379 g/mol. The predicted molar refractivity (Wildman–Crippen MR) is 106 cm³/mol. The Kier molecular flexibility index (Phi) is 6.21. The molecule has 1 aromatic heterocycles. The van der Waals surface area contributed by atoms with E-state index in [0.29, 0.717) is 13.0 Å². The van der Waals surface area contributed by atoms with Gasteiger partial charge in [-0.05, 0) is 28.8 Å². The van der Waals surface area contributed by atoms with Crippen molar-refractivity contribution < 1.29 is 19.9 Å². The van der Waals surface area contributed by atoms with Crippen molar-refractivity contribution in [3.63, 3.8) is 0 Å². The van der Waals surface area contributed by atoms with Crippen LogP contribution in [0.1, 0.15) is 16.7 Å². The molecule has 3 rings (SSSR count). The van der Waals surface area contributed by atoms with E-state index in [-0.39, 0.29) is 0 Å². The van der Waals surface area contributed by atoms with E-state index in [9.17, 15) is 14.7 Å². The number of hydrogen-bond donors (Lipinski definition) is 5. The van der Waals surface area contributed by atoms with Gasteiger partial charge in [0.05, 0.1) is 0 Å². The number of carboxylic acids is 1. The standard InChI is InChI=1S/C21H21N3O4/c25-20(24-28)10-9-14-5-7-15(8-6-14)12-22-19(21(26)27)11-16-13-23-18-4-2-1-3-17(16)18/h1-10,13,19,22-23,28H,11-12H2,(H,24,25)(H,26,27)/b10-9+/t19-/m0/s1. The molecule has 28 heavy (non-hydrogen) atoms. The maximum absolute atomic E-state index is 11.7. The Morgan fingerprint density at radius 3 is 2.57 bits per heavy atom. The van der Waals surface area contributed by atoms with E-state index in [2.05, 4.69) is 10.3 Å². The molecule has 0 aliphatic heterocycles. The van der Waals surface area contributed by atoms with Crippen molar-refractivity contribution in [3.8, 4) is 0 Å². The fourth-order valence-electron chi connectivity index (χ4n) is 2.96. The third kappa shape index (κ3) is 4.85. The van der Waals surface area contributed by atoms with Gasteiger partial charge in [-0.25, -0.2) is 5.48 Å². The van der Waals surface area contributed by atoms with Crippen LogP contribution in [0.25, 0.3) is 17.0 Å². The van der Waals surface area contributed by atoms with Gasteiger partial charge in [-0.3, -0.25) is 14.8 Å². The number of benzene rings is 2. The second kappa shape index (κ2) is 8.98. The van der Waals surface area contributed by atoms with Gasteiger partial charge < -0.3 is 15.4 Å². The number of H-pyrrole nitrogens is 1. The quantitative estimate of drug-likeness (QED) is 0.234. The number of rotatable bonds is 8. The van der Waals surface area contributed by atoms with Crippen molar-refractivity contribution in [2.45, 2.75) is 19.0 Å². The van der Waals surface area contributed by atoms with Gasteiger partial charge in [0.2, 0.25) is 0 Å². The molecular weight excluding hydrogens is 358 g/mol. The molecule has 1 atom stereocenters. The number of aromatic nitrogens is 1. The Morgan fingerprint density at radius 2 is 1.86 bits per heavy atom. The number of nitrogens with one attached hydrogen (secondary N) is 3. The summed E-state index contributed by atoms with van der Waals surface area (Å²) in [7, 11) is 0. The van der Waals surface area contributed by atoms with Gasteiger partial charge in [-0.2, -0.15) is 0 Å². The second-order valence-corrected chi connectivity index (χ2v) is 6.39. The van der Waals surface area contributed by atoms with Crippen LogP contribution in [0.3, 0.4) is 0 Å². The molecule has 7 nitrogen and oxygen atoms in total. The largest absolute Gasteiger partial charge is 0.480 e. The molecule has 0 spiro atoms. The van der Waals surface area contributed by atoms with Gasteiger partial charge in [-0.15, -0.1) is 0 Å². The van der Waals surface area contributed by atoms with Crippen LogP contribution in [0.2, 0.25) is 0 Å². The first-order chi connectivity index (χ1) is 13.6. The summed E-state index contributed by atoms with van der Waals surface area (Å²) in [6, 6.07) is 14.4. The third-order valence-electron chi connectivity index (χ3n) is 4.47. The van der Waals surface area contributed by atoms with Crippen LogP contribution in [-0.4, -0.2) is 33.2 Å². The molecule has 0 saturated heterocycles. The first-order valence-electron chi connectivity index (χ1n) is 8.79. The van der Waals surface area contributed by atoms with Gasteiger partial charge in [0.25, 0.3) is 5.91 Å². The summed E-state index contributed by atoms with van der Waals surface area (Å²) in [5.41, 5.74) is 5.19. The highest BCUT2D eigenvalue weighted by Crippen LogP contribution is 2.19. The van der Waals surface area contributed by atoms with Gasteiger partial charge in [0.1, 0.15) is 6.04 Å². The number of hydroxylamine groups is 1. The number of carbonyl (C=O) groups excluding carboxylic acids is 1. The maximum Gasteiger partial charge on any atom is 0.321 e. The normalized spacial score (nSPS) is 12.3. The fourth-order valence-corrected chi connectivity index (χ4v) is 2.96. The molecule has 3 aromatic rings. The van der Waals surface area contributed by atoms with Crippen molar-refractivity contribution in [3.05, 3.63) is 77.5 Å². The van der Waals surface area contributed by atoms with Crippen LogP contribution in [0.15, 0.2) is 60.8 Å². The van der Waals surface area contributed by atoms with Crippen LogP contribution in [0.5, 0.6) is 0 Å². The monoisotopic (exact) mass is 379 g/mol. The summed E-state index contributed by atoms with van der Waals surface area (Å²) in [4.78, 5) is 25.8. The van der Waals surface area contributed by atoms with Crippen molar-refractivity contribution in [1.82, 2.24) is 15.8 Å². The van der Waals surface area contributed by atoms with E-state index < -0.39 is 17.9 Å². The smallest absolute Gasteiger partial charge is 0.321 e. The summed E-state index contributed by atoms with van der Waals surface area (Å²) in [5.74, 6) is -1.51. The van der Waals surface area contributed by atoms with Gasteiger partial charge in [0, 0.05) is 36.1 Å². The molecule has 144 valence electrons. The SMILES string of the molecule is O=C(/C=C/c1ccc(CN[C@@H](Cc2c[nH]c3ccccc23)C(=O)O)cc1)NO. The Balaban J connectivity index is 1.63. The fraction of sp³-hybridized carbons (Fsp3) is 0.143. The number of para-hydroxylation sites is 1. The number of amides is 1. The molecule has 0 aliphatic rings. The maximum atomic E-state index is 11.7. The minimum atomic E-state index is -0.903. The average Bonchev–Trinajstić information content (AvgIpc) is 3.12. The molecule has 0 bridgehead atoms. The van der Waals surface area contributed by atoms with Gasteiger partial charge >= 0.3 is 5.97 Å². The van der Waals surface area contributed by atoms with Crippen LogP contribution in [-0.2, 0) is 22.6 Å². The molecule has 0 saturated carbocycles. The summed E-state index contributed by atoms with van der Waals surface area (Å²) in [6.45, 7) is 0.403. The van der Waals surface area contributed by atoms with Gasteiger partial charge in [-0.1, -0.05) is 42.5 Å². The van der Waals surface area contributed by atoms with Crippen LogP contribution >= 0.6 is 0 Å². The molecular formula is C21H21N3O4. The molecule has 1 heterocycles. The van der Waals surface area contributed by atoms with Crippen LogP contribution < -0.4 is 10.8 Å². The minimum absolute atomic E-state index is 0.371. The number of aliphatic carboxylic acids is 1. The highest BCUT2D eigenvalue weighted by molar-refractivity contribution is 5.90. The number of carbonyl (C=O) groups is 2. The van der Waals surface area contributed by atoms with E-state index in [4.69, 9.17) is 5.21 Å². The number of fused-ring (bicyclic) bond motifs is 1. The summed E-state index contributed by atoms with van der Waals surface area (Å²) >= 11 is 0. The number of hydrogen-bond acceptors (Lipinski definition) is 4. The molecule has 1 amide bonds. The van der Waals surface area contributed by atoms with Crippen molar-refractivity contribution >= 4 is 28.9 Å². The number of carboxylic acid groups (broad SMARTS) is 1. The Bertz CT molecular complexity index is 992. The van der Waals surface area contributed by atoms with E-state index in [1.165, 1.54) is 11.6 Å². The lowest BCUT2D eigenvalue weighted by Gasteiger charge is -2.14. The summed E-state index contributed by atoms with van der Waals surface area (Å²) in [6.07, 6.45) is 5.01. The molecule has 0 radical (unpaired) electrons. The van der Waals surface area contributed by atoms with Crippen molar-refractivity contribution in [2.24, 2.45) is 0 Å². The van der Waals surface area contributed by atoms with Crippen LogP contribution in [0, 0.1) is 0 Å². The zero-order valence-electron chi connectivity index (χ0n) is 15.1. The zero-order valence-corrected chi connectivity index (χ0v) is 15.1. The summed E-state index contributed by atoms with van der Waals surface area (Å²) in [5, 5.41) is 22.2. The Labute approximate surface area is 161 Å². The molecule has 0 unspecified atom stereocenters. The molecule has 5 N–H and O–H groups in total. The van der Waals surface area contributed by atoms with Gasteiger partial charge in [0.15, 0.2) is 0 Å². The first-order valence-corrected chi connectivity index (χ1v) is 8.79. The molecule has 0 aliphatic carbocycles. The lowest BCUT2D eigenvalue weighted by atomic mass is 10.0. The molecule has 2 aromatic carbocycles. The second-order valence-electron chi connectivity index (χ2n) is 6.39. The molecule has 0 fully saturated rings. The minimum Gasteiger partial charge on any atom is -0.480 e. The van der Waals surface area contributed by atoms with Crippen LogP contribution in [0.4, 0.5) is 0 Å². The lowest BCUT2D eigenvalue weighted by Crippen LogP contribution is -2.38. The molecule has 7 heteroatoms. The van der Waals surface area contributed by atoms with E-state index >= 15 is 0 Å². The predicted octanol–water partition coefficient (Wildman–Crippen LogP) is 2.47. The highest BCUT2D eigenvalue weighted by Gasteiger charge is 2.19. The number of aromatic amines is 1. The Hall–Kier alpha value is -3.42. The lowest BCUT2D eigenvalue weighted by molar-refractivity contribution is -0.139. The third-order valence-corrected chi connectivity index (χ3v) is 4.47.